The van der Waals surface area contributed by atoms with Crippen LogP contribution in [0.4, 0.5) is 0 Å². The standard InChI is InChI=1S/C7H16O2SSi/c1-4-9-11-5-6(2)7(10)8-3/h6H,4-5,11H2,1-3H3. The van der Waals surface area contributed by atoms with E-state index in [0.717, 1.165) is 12.7 Å². The molecule has 0 aliphatic heterocycles. The summed E-state index contributed by atoms with van der Waals surface area (Å²) in [6.07, 6.45) is 0. The topological polar surface area (TPSA) is 18.5 Å². The van der Waals surface area contributed by atoms with Crippen molar-refractivity contribution in [1.29, 1.82) is 0 Å². The number of hydrogen-bond donors (Lipinski definition) is 0. The van der Waals surface area contributed by atoms with Crippen molar-refractivity contribution in [3.63, 3.8) is 0 Å². The molecule has 0 N–H and O–H groups in total. The summed E-state index contributed by atoms with van der Waals surface area (Å²) in [7, 11) is 1.27. The average molecular weight is 192 g/mol. The molecule has 11 heavy (non-hydrogen) atoms. The van der Waals surface area contributed by atoms with E-state index in [-0.39, 0.29) is 9.76 Å². The highest BCUT2D eigenvalue weighted by Crippen LogP contribution is 2.05. The molecule has 0 aliphatic carbocycles. The average Bonchev–Trinajstić information content (AvgIpc) is 2.03. The van der Waals surface area contributed by atoms with Crippen molar-refractivity contribution >= 4 is 27.0 Å². The van der Waals surface area contributed by atoms with Crippen molar-refractivity contribution in [1.82, 2.24) is 0 Å². The molecule has 2 nitrogen and oxygen atoms in total. The molecular weight excluding hydrogens is 176 g/mol. The highest BCUT2D eigenvalue weighted by atomic mass is 32.1. The number of methoxy groups -OCH3 is 1. The second kappa shape index (κ2) is 6.76. The summed E-state index contributed by atoms with van der Waals surface area (Å²) in [6, 6.07) is 1.08. The minimum Gasteiger partial charge on any atom is -0.490 e. The molecule has 0 rings (SSSR count). The number of thiocarbonyl (C=S) groups is 1. The summed E-state index contributed by atoms with van der Waals surface area (Å²) < 4.78 is 10.3. The number of hydrogen-bond acceptors (Lipinski definition) is 3. The van der Waals surface area contributed by atoms with E-state index in [0.29, 0.717) is 11.0 Å². The van der Waals surface area contributed by atoms with Gasteiger partial charge in [0.2, 0.25) is 0 Å². The molecule has 0 fully saturated rings. The fraction of sp³-hybridized carbons (Fsp3) is 0.857. The van der Waals surface area contributed by atoms with Gasteiger partial charge in [0.1, 0.15) is 0 Å². The molecule has 0 bridgehead atoms. The molecule has 0 radical (unpaired) electrons. The quantitative estimate of drug-likeness (QED) is 0.370. The summed E-state index contributed by atoms with van der Waals surface area (Å²) in [5, 5.41) is 0.706. The van der Waals surface area contributed by atoms with Gasteiger partial charge in [0.25, 0.3) is 0 Å². The zero-order valence-corrected chi connectivity index (χ0v) is 9.65. The lowest BCUT2D eigenvalue weighted by Gasteiger charge is -2.10. The van der Waals surface area contributed by atoms with Crippen LogP contribution < -0.4 is 0 Å². The molecular formula is C7H16O2SSi. The van der Waals surface area contributed by atoms with E-state index in [1.807, 2.05) is 6.92 Å². The predicted molar refractivity (Wildman–Crippen MR) is 53.7 cm³/mol. The van der Waals surface area contributed by atoms with E-state index in [1.54, 1.807) is 7.11 Å². The SMILES string of the molecule is CCO[SiH2]CC(C)C(=S)OC. The summed E-state index contributed by atoms with van der Waals surface area (Å²) in [5.41, 5.74) is 0. The molecule has 0 saturated heterocycles. The van der Waals surface area contributed by atoms with Crippen LogP contribution in [0.15, 0.2) is 0 Å². The minimum absolute atomic E-state index is 0.356. The van der Waals surface area contributed by atoms with Gasteiger partial charge in [-0.2, -0.15) is 0 Å². The maximum atomic E-state index is 5.32. The van der Waals surface area contributed by atoms with Crippen molar-refractivity contribution in [2.24, 2.45) is 5.92 Å². The monoisotopic (exact) mass is 192 g/mol. The van der Waals surface area contributed by atoms with Crippen molar-refractivity contribution in [3.05, 3.63) is 0 Å². The lowest BCUT2D eigenvalue weighted by Crippen LogP contribution is -2.13. The first-order valence-electron chi connectivity index (χ1n) is 3.88. The van der Waals surface area contributed by atoms with Crippen molar-refractivity contribution < 1.29 is 9.16 Å². The summed E-state index contributed by atoms with van der Waals surface area (Å²) in [6.45, 7) is 4.93. The van der Waals surface area contributed by atoms with Gasteiger partial charge >= 0.3 is 0 Å². The van der Waals surface area contributed by atoms with Gasteiger partial charge in [-0.05, 0) is 25.2 Å². The maximum Gasteiger partial charge on any atom is 0.162 e. The predicted octanol–water partition coefficient (Wildman–Crippen LogP) is 1.13. The Morgan fingerprint density at radius 3 is 2.73 bits per heavy atom. The third-order valence-corrected chi connectivity index (χ3v) is 3.87. The molecule has 1 unspecified atom stereocenters. The fourth-order valence-corrected chi connectivity index (χ4v) is 2.12. The van der Waals surface area contributed by atoms with Gasteiger partial charge < -0.3 is 9.16 Å². The van der Waals surface area contributed by atoms with E-state index in [1.165, 1.54) is 0 Å². The third-order valence-electron chi connectivity index (χ3n) is 1.50. The van der Waals surface area contributed by atoms with Crippen molar-refractivity contribution in [3.8, 4) is 0 Å². The largest absolute Gasteiger partial charge is 0.490 e. The molecule has 66 valence electrons. The van der Waals surface area contributed by atoms with Crippen LogP contribution in [0.5, 0.6) is 0 Å². The molecule has 0 amide bonds. The first-order chi connectivity index (χ1) is 5.22. The molecule has 0 heterocycles. The van der Waals surface area contributed by atoms with Gasteiger partial charge in [0, 0.05) is 12.5 Å². The van der Waals surface area contributed by atoms with Gasteiger partial charge in [0.15, 0.2) is 14.8 Å². The first kappa shape index (κ1) is 11.1. The molecule has 0 aliphatic rings. The Hall–Kier alpha value is 0.0669. The van der Waals surface area contributed by atoms with E-state index < -0.39 is 0 Å². The van der Waals surface area contributed by atoms with E-state index in [4.69, 9.17) is 21.4 Å². The summed E-state index contributed by atoms with van der Waals surface area (Å²) in [5.74, 6) is 0.383. The number of ether oxygens (including phenoxy) is 1. The second-order valence-electron chi connectivity index (χ2n) is 2.41. The van der Waals surface area contributed by atoms with Crippen LogP contribution in [0, 0.1) is 5.92 Å². The smallest absolute Gasteiger partial charge is 0.162 e. The van der Waals surface area contributed by atoms with Crippen LogP contribution >= 0.6 is 12.2 Å². The van der Waals surface area contributed by atoms with Crippen LogP contribution in [0.2, 0.25) is 6.04 Å². The Bertz CT molecular complexity index is 119. The van der Waals surface area contributed by atoms with Gasteiger partial charge in [0.05, 0.1) is 7.11 Å². The van der Waals surface area contributed by atoms with Crippen LogP contribution in [0.25, 0.3) is 0 Å². The van der Waals surface area contributed by atoms with Gasteiger partial charge in [-0.15, -0.1) is 0 Å². The second-order valence-corrected chi connectivity index (χ2v) is 4.21. The lowest BCUT2D eigenvalue weighted by molar-refractivity contribution is 0.352. The Labute approximate surface area is 76.2 Å². The third kappa shape index (κ3) is 5.35. The molecule has 0 saturated carbocycles. The zero-order valence-electron chi connectivity index (χ0n) is 7.42. The van der Waals surface area contributed by atoms with Crippen LogP contribution in [-0.2, 0) is 9.16 Å². The van der Waals surface area contributed by atoms with E-state index in [2.05, 4.69) is 6.92 Å². The summed E-state index contributed by atoms with van der Waals surface area (Å²) in [4.78, 5) is 0. The highest BCUT2D eigenvalue weighted by molar-refractivity contribution is 7.80. The number of rotatable bonds is 5. The van der Waals surface area contributed by atoms with Crippen LogP contribution in [0.1, 0.15) is 13.8 Å². The van der Waals surface area contributed by atoms with Crippen LogP contribution in [0.3, 0.4) is 0 Å². The first-order valence-corrected chi connectivity index (χ1v) is 5.86. The Morgan fingerprint density at radius 2 is 2.27 bits per heavy atom. The van der Waals surface area contributed by atoms with Gasteiger partial charge in [-0.25, -0.2) is 0 Å². The van der Waals surface area contributed by atoms with E-state index >= 15 is 0 Å². The molecule has 4 heteroatoms. The lowest BCUT2D eigenvalue weighted by atomic mass is 10.2. The molecule has 0 aromatic heterocycles. The van der Waals surface area contributed by atoms with E-state index in [9.17, 15) is 0 Å². The van der Waals surface area contributed by atoms with Gasteiger partial charge in [-0.3, -0.25) is 0 Å². The Kier molecular flexibility index (Phi) is 6.80. The molecule has 1 atom stereocenters. The fourth-order valence-electron chi connectivity index (χ4n) is 0.723. The van der Waals surface area contributed by atoms with Crippen molar-refractivity contribution in [2.45, 2.75) is 19.9 Å². The Balaban J connectivity index is 3.36. The van der Waals surface area contributed by atoms with Crippen LogP contribution in [-0.4, -0.2) is 28.5 Å². The molecule has 0 aromatic rings. The minimum atomic E-state index is -0.356. The summed E-state index contributed by atoms with van der Waals surface area (Å²) >= 11 is 4.97. The molecule has 0 spiro atoms. The van der Waals surface area contributed by atoms with Crippen molar-refractivity contribution in [2.75, 3.05) is 13.7 Å². The Morgan fingerprint density at radius 1 is 1.64 bits per heavy atom. The van der Waals surface area contributed by atoms with Gasteiger partial charge in [-0.1, -0.05) is 6.92 Å². The maximum absolute atomic E-state index is 5.32. The highest BCUT2D eigenvalue weighted by Gasteiger charge is 2.07. The normalized spacial score (nSPS) is 13.7. The molecule has 0 aromatic carbocycles. The zero-order chi connectivity index (χ0) is 8.69.